The van der Waals surface area contributed by atoms with Gasteiger partial charge in [0.15, 0.2) is 0 Å². The van der Waals surface area contributed by atoms with Gasteiger partial charge in [0.2, 0.25) is 0 Å². The normalized spacial score (nSPS) is 12.3. The first-order valence-corrected chi connectivity index (χ1v) is 4.25. The fraction of sp³-hybridized carbons (Fsp3) is 0.125. The zero-order valence-electron chi connectivity index (χ0n) is 6.35. The molecule has 5 heteroatoms. The van der Waals surface area contributed by atoms with Gasteiger partial charge in [-0.1, -0.05) is 22.0 Å². The van der Waals surface area contributed by atoms with Crippen LogP contribution in [0.5, 0.6) is 0 Å². The van der Waals surface area contributed by atoms with E-state index in [1.54, 1.807) is 11.1 Å². The number of hydrogen-bond acceptors (Lipinski definition) is 1. The van der Waals surface area contributed by atoms with Crippen molar-refractivity contribution in [3.05, 3.63) is 34.6 Å². The van der Waals surface area contributed by atoms with Crippen molar-refractivity contribution >= 4 is 22.0 Å². The van der Waals surface area contributed by atoms with E-state index in [1.165, 1.54) is 12.3 Å². The van der Waals surface area contributed by atoms with E-state index in [0.717, 1.165) is 6.07 Å². The molecule has 13 heavy (non-hydrogen) atoms. The van der Waals surface area contributed by atoms with Crippen LogP contribution < -0.4 is 0 Å². The van der Waals surface area contributed by atoms with Gasteiger partial charge in [0, 0.05) is 6.20 Å². The Morgan fingerprint density at radius 1 is 1.31 bits per heavy atom. The quantitative estimate of drug-likeness (QED) is 0.745. The zero-order chi connectivity index (χ0) is 9.90. The molecule has 0 N–H and O–H groups in total. The fourth-order valence-electron chi connectivity index (χ4n) is 0.744. The molecule has 1 aromatic rings. The van der Waals surface area contributed by atoms with Crippen LogP contribution in [0.2, 0.25) is 0 Å². The van der Waals surface area contributed by atoms with Crippen LogP contribution in [0, 0.1) is 0 Å². The Morgan fingerprint density at radius 3 is 2.38 bits per heavy atom. The first kappa shape index (κ1) is 10.2. The molecule has 0 saturated heterocycles. The molecule has 0 radical (unpaired) electrons. The van der Waals surface area contributed by atoms with Crippen LogP contribution in [0.25, 0.3) is 6.08 Å². The second kappa shape index (κ2) is 3.91. The van der Waals surface area contributed by atoms with E-state index in [4.69, 9.17) is 0 Å². The van der Waals surface area contributed by atoms with E-state index >= 15 is 0 Å². The van der Waals surface area contributed by atoms with Crippen molar-refractivity contribution in [1.82, 2.24) is 4.98 Å². The van der Waals surface area contributed by atoms with Crippen LogP contribution in [0.15, 0.2) is 23.3 Å². The van der Waals surface area contributed by atoms with Crippen LogP contribution in [0.3, 0.4) is 0 Å². The average Bonchev–Trinajstić information content (AvgIpc) is 2.04. The summed E-state index contributed by atoms with van der Waals surface area (Å²) in [6.07, 6.45) is -1.59. The van der Waals surface area contributed by atoms with Gasteiger partial charge in [-0.05, 0) is 22.7 Å². The summed E-state index contributed by atoms with van der Waals surface area (Å²) in [4.78, 5) is 4.82. The van der Waals surface area contributed by atoms with E-state index in [0.29, 0.717) is 5.56 Å². The van der Waals surface area contributed by atoms with E-state index < -0.39 is 11.9 Å². The lowest BCUT2D eigenvalue weighted by Crippen LogP contribution is -2.07. The maximum absolute atomic E-state index is 12.0. The fourth-order valence-corrected chi connectivity index (χ4v) is 1.05. The highest BCUT2D eigenvalue weighted by molar-refractivity contribution is 9.11. The molecule has 0 amide bonds. The van der Waals surface area contributed by atoms with Crippen molar-refractivity contribution in [2.24, 2.45) is 0 Å². The first-order chi connectivity index (χ1) is 6.04. The monoisotopic (exact) mass is 251 g/mol. The number of alkyl halides is 3. The summed E-state index contributed by atoms with van der Waals surface area (Å²) in [5, 5.41) is 0. The Balaban J connectivity index is 2.94. The maximum Gasteiger partial charge on any atom is 0.433 e. The van der Waals surface area contributed by atoms with Gasteiger partial charge >= 0.3 is 6.18 Å². The minimum atomic E-state index is -4.36. The van der Waals surface area contributed by atoms with E-state index in [9.17, 15) is 13.2 Å². The zero-order valence-corrected chi connectivity index (χ0v) is 7.93. The average molecular weight is 252 g/mol. The maximum atomic E-state index is 12.0. The van der Waals surface area contributed by atoms with Gasteiger partial charge in [0.1, 0.15) is 5.69 Å². The van der Waals surface area contributed by atoms with Crippen molar-refractivity contribution in [2.75, 3.05) is 0 Å². The van der Waals surface area contributed by atoms with Crippen LogP contribution in [-0.4, -0.2) is 4.98 Å². The van der Waals surface area contributed by atoms with Crippen LogP contribution in [-0.2, 0) is 6.18 Å². The molecular weight excluding hydrogens is 247 g/mol. The topological polar surface area (TPSA) is 12.9 Å². The molecule has 0 aliphatic rings. The van der Waals surface area contributed by atoms with E-state index in [1.807, 2.05) is 0 Å². The second-order valence-electron chi connectivity index (χ2n) is 2.27. The molecule has 0 aromatic carbocycles. The van der Waals surface area contributed by atoms with Crippen molar-refractivity contribution < 1.29 is 13.2 Å². The van der Waals surface area contributed by atoms with Crippen molar-refractivity contribution in [3.8, 4) is 0 Å². The Bertz CT molecular complexity index is 302. The summed E-state index contributed by atoms with van der Waals surface area (Å²) in [6, 6.07) is 2.30. The van der Waals surface area contributed by atoms with Crippen molar-refractivity contribution in [3.63, 3.8) is 0 Å². The molecule has 0 aliphatic carbocycles. The third kappa shape index (κ3) is 2.84. The molecule has 0 atom stereocenters. The Labute approximate surface area is 81.4 Å². The van der Waals surface area contributed by atoms with Crippen LogP contribution >= 0.6 is 15.9 Å². The highest BCUT2D eigenvalue weighted by Gasteiger charge is 2.31. The number of halogens is 4. The minimum absolute atomic E-state index is 0.616. The molecule has 0 fully saturated rings. The number of nitrogens with zero attached hydrogens (tertiary/aromatic N) is 1. The van der Waals surface area contributed by atoms with Crippen molar-refractivity contribution in [2.45, 2.75) is 6.18 Å². The van der Waals surface area contributed by atoms with Gasteiger partial charge in [-0.15, -0.1) is 0 Å². The largest absolute Gasteiger partial charge is 0.433 e. The lowest BCUT2D eigenvalue weighted by molar-refractivity contribution is -0.141. The molecule has 1 heterocycles. The molecular formula is C8H5BrF3N. The SMILES string of the molecule is FC(F)(F)c1ccc(C=CBr)cn1. The van der Waals surface area contributed by atoms with Gasteiger partial charge in [0.05, 0.1) is 0 Å². The van der Waals surface area contributed by atoms with Crippen molar-refractivity contribution in [1.29, 1.82) is 0 Å². The molecule has 1 nitrogen and oxygen atoms in total. The third-order valence-corrected chi connectivity index (χ3v) is 1.60. The Hall–Kier alpha value is -0.840. The van der Waals surface area contributed by atoms with Gasteiger partial charge in [-0.25, -0.2) is 0 Å². The summed E-state index contributed by atoms with van der Waals surface area (Å²) in [6.45, 7) is 0. The highest BCUT2D eigenvalue weighted by atomic mass is 79.9. The summed E-state index contributed by atoms with van der Waals surface area (Å²) in [7, 11) is 0. The number of pyridine rings is 1. The molecule has 1 aromatic heterocycles. The smallest absolute Gasteiger partial charge is 0.251 e. The summed E-state index contributed by atoms with van der Waals surface area (Å²) in [5.74, 6) is 0. The summed E-state index contributed by atoms with van der Waals surface area (Å²) >= 11 is 3.01. The molecule has 70 valence electrons. The molecule has 0 bridgehead atoms. The van der Waals surface area contributed by atoms with Crippen LogP contribution in [0.1, 0.15) is 11.3 Å². The van der Waals surface area contributed by atoms with Crippen LogP contribution in [0.4, 0.5) is 13.2 Å². The van der Waals surface area contributed by atoms with Gasteiger partial charge < -0.3 is 0 Å². The predicted molar refractivity (Wildman–Crippen MR) is 47.2 cm³/mol. The number of rotatable bonds is 1. The molecule has 0 saturated carbocycles. The molecule has 0 spiro atoms. The summed E-state index contributed by atoms with van der Waals surface area (Å²) < 4.78 is 36.0. The van der Waals surface area contributed by atoms with Gasteiger partial charge in [0.25, 0.3) is 0 Å². The third-order valence-electron chi connectivity index (χ3n) is 1.33. The minimum Gasteiger partial charge on any atom is -0.251 e. The lowest BCUT2D eigenvalue weighted by Gasteiger charge is -2.04. The van der Waals surface area contributed by atoms with E-state index in [-0.39, 0.29) is 0 Å². The number of aromatic nitrogens is 1. The number of hydrogen-bond donors (Lipinski definition) is 0. The second-order valence-corrected chi connectivity index (χ2v) is 2.80. The standard InChI is InChI=1S/C8H5BrF3N/c9-4-3-6-1-2-7(13-5-6)8(10,11)12/h1-5H. The summed E-state index contributed by atoms with van der Waals surface area (Å²) in [5.41, 5.74) is -0.260. The van der Waals surface area contributed by atoms with E-state index in [2.05, 4.69) is 20.9 Å². The Kier molecular flexibility index (Phi) is 3.08. The Morgan fingerprint density at radius 2 is 2.00 bits per heavy atom. The van der Waals surface area contributed by atoms with Gasteiger partial charge in [-0.3, -0.25) is 4.98 Å². The molecule has 1 rings (SSSR count). The predicted octanol–water partition coefficient (Wildman–Crippen LogP) is 3.47. The molecule has 0 unspecified atom stereocenters. The lowest BCUT2D eigenvalue weighted by atomic mass is 10.2. The van der Waals surface area contributed by atoms with Gasteiger partial charge in [-0.2, -0.15) is 13.2 Å². The highest BCUT2D eigenvalue weighted by Crippen LogP contribution is 2.27. The first-order valence-electron chi connectivity index (χ1n) is 3.34. The molecule has 0 aliphatic heterocycles.